The van der Waals surface area contributed by atoms with Crippen LogP contribution in [-0.4, -0.2) is 47.6 Å². The van der Waals surface area contributed by atoms with Crippen LogP contribution in [0, 0.1) is 13.8 Å². The Balaban J connectivity index is 1.57. The van der Waals surface area contributed by atoms with E-state index in [1.54, 1.807) is 7.11 Å². The molecule has 1 aliphatic heterocycles. The maximum absolute atomic E-state index is 12.1. The number of aryl methyl sites for hydroxylation is 2. The van der Waals surface area contributed by atoms with Crippen molar-refractivity contribution in [2.45, 2.75) is 45.6 Å². The van der Waals surface area contributed by atoms with Gasteiger partial charge in [0.25, 0.3) is 0 Å². The highest BCUT2D eigenvalue weighted by molar-refractivity contribution is 5.90. The average molecular weight is 433 g/mol. The molecular formula is C26H32N4O2. The second-order valence-corrected chi connectivity index (χ2v) is 8.76. The first-order chi connectivity index (χ1) is 15.4. The number of piperidine rings is 1. The van der Waals surface area contributed by atoms with Crippen LogP contribution in [-0.2, 0) is 9.53 Å². The smallest absolute Gasteiger partial charge is 0.248 e. The zero-order chi connectivity index (χ0) is 22.7. The van der Waals surface area contributed by atoms with Crippen LogP contribution in [0.15, 0.2) is 42.5 Å². The second kappa shape index (κ2) is 9.65. The van der Waals surface area contributed by atoms with Gasteiger partial charge in [0.05, 0.1) is 5.52 Å². The normalized spacial score (nSPS) is 15.7. The molecule has 6 nitrogen and oxygen atoms in total. The zero-order valence-electron chi connectivity index (χ0n) is 19.4. The molecule has 0 bridgehead atoms. The van der Waals surface area contributed by atoms with E-state index in [4.69, 9.17) is 9.72 Å². The second-order valence-electron chi connectivity index (χ2n) is 8.76. The molecule has 6 heteroatoms. The summed E-state index contributed by atoms with van der Waals surface area (Å²) >= 11 is 0. The molecule has 0 saturated carbocycles. The molecule has 1 N–H and O–H groups in total. The van der Waals surface area contributed by atoms with Crippen LogP contribution in [0.4, 0.5) is 5.82 Å². The van der Waals surface area contributed by atoms with Gasteiger partial charge in [0.15, 0.2) is 0 Å². The molecule has 0 aliphatic carbocycles. The predicted octanol–water partition coefficient (Wildman–Crippen LogP) is 4.77. The van der Waals surface area contributed by atoms with Crippen molar-refractivity contribution in [2.24, 2.45) is 0 Å². The Morgan fingerprint density at radius 3 is 2.66 bits per heavy atom. The SMILES string of the molecule is COCC(=O)N1CCC(c2ccc3nc(C)nc(N[C@@H](C)c4cccc(C)c4)c3c2)CC1. The van der Waals surface area contributed by atoms with Crippen molar-refractivity contribution in [1.29, 1.82) is 0 Å². The average Bonchev–Trinajstić information content (AvgIpc) is 2.79. The molecule has 1 aliphatic rings. The molecule has 0 radical (unpaired) electrons. The van der Waals surface area contributed by atoms with Crippen molar-refractivity contribution in [3.63, 3.8) is 0 Å². The number of fused-ring (bicyclic) bond motifs is 1. The van der Waals surface area contributed by atoms with Gasteiger partial charge in [-0.15, -0.1) is 0 Å². The Morgan fingerprint density at radius 1 is 1.16 bits per heavy atom. The molecule has 168 valence electrons. The minimum atomic E-state index is 0.0740. The molecule has 32 heavy (non-hydrogen) atoms. The van der Waals surface area contributed by atoms with Crippen LogP contribution < -0.4 is 5.32 Å². The van der Waals surface area contributed by atoms with Crippen LogP contribution in [0.25, 0.3) is 10.9 Å². The molecule has 4 rings (SSSR count). The number of nitrogens with one attached hydrogen (secondary N) is 1. The molecule has 1 atom stereocenters. The molecule has 0 spiro atoms. The van der Waals surface area contributed by atoms with E-state index in [1.165, 1.54) is 16.7 Å². The number of nitrogens with zero attached hydrogens (tertiary/aromatic N) is 3. The third-order valence-electron chi connectivity index (χ3n) is 6.31. The Bertz CT molecular complexity index is 1110. The van der Waals surface area contributed by atoms with Crippen molar-refractivity contribution in [1.82, 2.24) is 14.9 Å². The van der Waals surface area contributed by atoms with Crippen molar-refractivity contribution in [3.8, 4) is 0 Å². The maximum Gasteiger partial charge on any atom is 0.248 e. The monoisotopic (exact) mass is 432 g/mol. The standard InChI is InChI=1S/C26H32N4O2/c1-17-6-5-7-21(14-17)18(2)27-26-23-15-22(8-9-24(23)28-19(3)29-26)20-10-12-30(13-11-20)25(31)16-32-4/h5-9,14-15,18,20H,10-13,16H2,1-4H3,(H,27,28,29)/t18-/m0/s1. The topological polar surface area (TPSA) is 67.3 Å². The van der Waals surface area contributed by atoms with Gasteiger partial charge in [-0.1, -0.05) is 35.9 Å². The van der Waals surface area contributed by atoms with Gasteiger partial charge >= 0.3 is 0 Å². The van der Waals surface area contributed by atoms with E-state index < -0.39 is 0 Å². The van der Waals surface area contributed by atoms with Crippen LogP contribution in [0.2, 0.25) is 0 Å². The van der Waals surface area contributed by atoms with Crippen molar-refractivity contribution in [3.05, 3.63) is 65.0 Å². The van der Waals surface area contributed by atoms with Gasteiger partial charge < -0.3 is 15.0 Å². The number of likely N-dealkylation sites (tertiary alicyclic amines) is 1. The Kier molecular flexibility index (Phi) is 6.70. The first-order valence-electron chi connectivity index (χ1n) is 11.3. The fraction of sp³-hybridized carbons (Fsp3) is 0.423. The fourth-order valence-electron chi connectivity index (χ4n) is 4.53. The number of carbonyl (C=O) groups excluding carboxylic acids is 1. The van der Waals surface area contributed by atoms with Gasteiger partial charge in [0.1, 0.15) is 18.2 Å². The predicted molar refractivity (Wildman–Crippen MR) is 128 cm³/mol. The van der Waals surface area contributed by atoms with Crippen LogP contribution in [0.5, 0.6) is 0 Å². The Hall–Kier alpha value is -2.99. The van der Waals surface area contributed by atoms with Crippen molar-refractivity contribution in [2.75, 3.05) is 32.1 Å². The van der Waals surface area contributed by atoms with E-state index in [2.05, 4.69) is 66.6 Å². The first kappa shape index (κ1) is 22.2. The zero-order valence-corrected chi connectivity index (χ0v) is 19.4. The van der Waals surface area contributed by atoms with E-state index in [9.17, 15) is 4.79 Å². The number of carbonyl (C=O) groups is 1. The maximum atomic E-state index is 12.1. The lowest BCUT2D eigenvalue weighted by Crippen LogP contribution is -2.39. The molecule has 1 amide bonds. The van der Waals surface area contributed by atoms with Crippen molar-refractivity contribution < 1.29 is 9.53 Å². The highest BCUT2D eigenvalue weighted by atomic mass is 16.5. The lowest BCUT2D eigenvalue weighted by molar-refractivity contribution is -0.136. The summed E-state index contributed by atoms with van der Waals surface area (Å²) in [4.78, 5) is 23.4. The molecule has 1 fully saturated rings. The summed E-state index contributed by atoms with van der Waals surface area (Å²) in [5.41, 5.74) is 4.72. The number of hydrogen-bond acceptors (Lipinski definition) is 5. The lowest BCUT2D eigenvalue weighted by atomic mass is 9.88. The highest BCUT2D eigenvalue weighted by Gasteiger charge is 2.24. The number of hydrogen-bond donors (Lipinski definition) is 1. The van der Waals surface area contributed by atoms with E-state index in [-0.39, 0.29) is 18.6 Å². The summed E-state index contributed by atoms with van der Waals surface area (Å²) in [6.07, 6.45) is 1.91. The van der Waals surface area contributed by atoms with Gasteiger partial charge in [0, 0.05) is 31.6 Å². The quantitative estimate of drug-likeness (QED) is 0.608. The summed E-state index contributed by atoms with van der Waals surface area (Å²) in [5.74, 6) is 2.13. The fourth-order valence-corrected chi connectivity index (χ4v) is 4.53. The summed E-state index contributed by atoms with van der Waals surface area (Å²) in [7, 11) is 1.56. The van der Waals surface area contributed by atoms with Crippen LogP contribution >= 0.6 is 0 Å². The summed E-state index contributed by atoms with van der Waals surface area (Å²) in [6.45, 7) is 7.90. The number of benzene rings is 2. The molecule has 2 aromatic carbocycles. The Morgan fingerprint density at radius 2 is 1.94 bits per heavy atom. The summed E-state index contributed by atoms with van der Waals surface area (Å²) in [5, 5.41) is 4.66. The molecule has 1 aromatic heterocycles. The van der Waals surface area contributed by atoms with Gasteiger partial charge in [0.2, 0.25) is 5.91 Å². The molecule has 0 unspecified atom stereocenters. The van der Waals surface area contributed by atoms with E-state index in [0.29, 0.717) is 5.92 Å². The van der Waals surface area contributed by atoms with Crippen LogP contribution in [0.3, 0.4) is 0 Å². The van der Waals surface area contributed by atoms with Gasteiger partial charge in [-0.3, -0.25) is 4.79 Å². The molecule has 2 heterocycles. The molecule has 1 saturated heterocycles. The van der Waals surface area contributed by atoms with Gasteiger partial charge in [-0.2, -0.15) is 0 Å². The number of aromatic nitrogens is 2. The third-order valence-corrected chi connectivity index (χ3v) is 6.31. The number of rotatable bonds is 6. The summed E-state index contributed by atoms with van der Waals surface area (Å²) < 4.78 is 5.00. The van der Waals surface area contributed by atoms with Gasteiger partial charge in [-0.05, 0) is 62.8 Å². The number of anilines is 1. The van der Waals surface area contributed by atoms with Crippen LogP contribution in [0.1, 0.15) is 54.2 Å². The lowest BCUT2D eigenvalue weighted by Gasteiger charge is -2.32. The largest absolute Gasteiger partial charge is 0.375 e. The minimum absolute atomic E-state index is 0.0740. The third kappa shape index (κ3) is 4.91. The Labute approximate surface area is 190 Å². The van der Waals surface area contributed by atoms with Gasteiger partial charge in [-0.25, -0.2) is 9.97 Å². The molecular weight excluding hydrogens is 400 g/mol. The van der Waals surface area contributed by atoms with E-state index >= 15 is 0 Å². The highest BCUT2D eigenvalue weighted by Crippen LogP contribution is 2.32. The number of methoxy groups -OCH3 is 1. The first-order valence-corrected chi connectivity index (χ1v) is 11.3. The van der Waals surface area contributed by atoms with E-state index in [1.807, 2.05) is 11.8 Å². The minimum Gasteiger partial charge on any atom is -0.375 e. The van der Waals surface area contributed by atoms with Crippen molar-refractivity contribution >= 4 is 22.6 Å². The molecule has 3 aromatic rings. The number of ether oxygens (including phenoxy) is 1. The van der Waals surface area contributed by atoms with E-state index in [0.717, 1.165) is 48.5 Å². The number of amides is 1. The summed E-state index contributed by atoms with van der Waals surface area (Å²) in [6, 6.07) is 15.2.